The molecule has 0 aliphatic rings. The predicted molar refractivity (Wildman–Crippen MR) is 66.3 cm³/mol. The molecule has 1 aromatic carbocycles. The molecule has 0 saturated heterocycles. The summed E-state index contributed by atoms with van der Waals surface area (Å²) in [5, 5.41) is 0.876. The Hall–Kier alpha value is -1.88. The number of nitrogens with two attached hydrogens (primary N) is 1. The van der Waals surface area contributed by atoms with Crippen LogP contribution in [0.3, 0.4) is 0 Å². The minimum Gasteiger partial charge on any atom is -0.497 e. The van der Waals surface area contributed by atoms with Gasteiger partial charge < -0.3 is 15.5 Å². The molecule has 0 bridgehead atoms. The van der Waals surface area contributed by atoms with Crippen molar-refractivity contribution in [2.24, 2.45) is 5.73 Å². The van der Waals surface area contributed by atoms with Gasteiger partial charge in [-0.3, -0.25) is 0 Å². The molecular weight excluding hydrogens is 218 g/mol. The van der Waals surface area contributed by atoms with Gasteiger partial charge in [-0.15, -0.1) is 0 Å². The maximum Gasteiger partial charge on any atom is 0.345 e. The SMILES string of the molecule is COc1ccc2nc(=O)[nH]c(CC(C)N)c2c1. The molecule has 0 amide bonds. The molecule has 0 aliphatic heterocycles. The third-order valence-electron chi connectivity index (χ3n) is 2.53. The Bertz CT molecular complexity index is 590. The lowest BCUT2D eigenvalue weighted by Gasteiger charge is -2.09. The molecule has 0 radical (unpaired) electrons. The number of nitrogens with zero attached hydrogens (tertiary/aromatic N) is 1. The minimum absolute atomic E-state index is 0.0255. The molecule has 0 saturated carbocycles. The van der Waals surface area contributed by atoms with Crippen LogP contribution in [0.25, 0.3) is 10.9 Å². The second-order valence-corrected chi connectivity index (χ2v) is 4.08. The average molecular weight is 233 g/mol. The normalized spacial score (nSPS) is 12.6. The van der Waals surface area contributed by atoms with E-state index in [1.165, 1.54) is 0 Å². The molecule has 1 aromatic heterocycles. The highest BCUT2D eigenvalue weighted by Gasteiger charge is 2.08. The number of hydrogen-bond donors (Lipinski definition) is 2. The van der Waals surface area contributed by atoms with E-state index in [-0.39, 0.29) is 11.7 Å². The number of H-pyrrole nitrogens is 1. The van der Waals surface area contributed by atoms with Crippen molar-refractivity contribution in [3.63, 3.8) is 0 Å². The molecule has 2 aromatic rings. The van der Waals surface area contributed by atoms with Crippen LogP contribution in [-0.2, 0) is 6.42 Å². The van der Waals surface area contributed by atoms with Crippen molar-refractivity contribution in [1.29, 1.82) is 0 Å². The number of fused-ring (bicyclic) bond motifs is 1. The minimum atomic E-state index is -0.349. The lowest BCUT2D eigenvalue weighted by molar-refractivity contribution is 0.415. The zero-order valence-electron chi connectivity index (χ0n) is 9.86. The zero-order chi connectivity index (χ0) is 12.4. The van der Waals surface area contributed by atoms with Gasteiger partial charge in [-0.25, -0.2) is 4.79 Å². The number of nitrogens with one attached hydrogen (secondary N) is 1. The smallest absolute Gasteiger partial charge is 0.345 e. The van der Waals surface area contributed by atoms with Crippen molar-refractivity contribution < 1.29 is 4.74 Å². The summed E-state index contributed by atoms with van der Waals surface area (Å²) in [6.07, 6.45) is 0.599. The third kappa shape index (κ3) is 2.45. The quantitative estimate of drug-likeness (QED) is 0.822. The monoisotopic (exact) mass is 233 g/mol. The second-order valence-electron chi connectivity index (χ2n) is 4.08. The van der Waals surface area contributed by atoms with E-state index in [4.69, 9.17) is 10.5 Å². The molecule has 17 heavy (non-hydrogen) atoms. The molecule has 0 aliphatic carbocycles. The van der Waals surface area contributed by atoms with E-state index in [1.807, 2.05) is 13.0 Å². The summed E-state index contributed by atoms with van der Waals surface area (Å²) >= 11 is 0. The first-order chi connectivity index (χ1) is 8.10. The molecule has 0 spiro atoms. The summed E-state index contributed by atoms with van der Waals surface area (Å²) in [6.45, 7) is 1.89. The van der Waals surface area contributed by atoms with E-state index in [2.05, 4.69) is 9.97 Å². The van der Waals surface area contributed by atoms with E-state index >= 15 is 0 Å². The molecular formula is C12H15N3O2. The summed E-state index contributed by atoms with van der Waals surface area (Å²) in [4.78, 5) is 18.0. The summed E-state index contributed by atoms with van der Waals surface area (Å²) in [7, 11) is 1.60. The molecule has 1 unspecified atom stereocenters. The number of methoxy groups -OCH3 is 1. The lowest BCUT2D eigenvalue weighted by Crippen LogP contribution is -2.22. The van der Waals surface area contributed by atoms with E-state index in [0.29, 0.717) is 11.9 Å². The van der Waals surface area contributed by atoms with Crippen LogP contribution in [0.2, 0.25) is 0 Å². The van der Waals surface area contributed by atoms with Crippen LogP contribution in [0.4, 0.5) is 0 Å². The number of rotatable bonds is 3. The fraction of sp³-hybridized carbons (Fsp3) is 0.333. The van der Waals surface area contributed by atoms with Crippen LogP contribution in [0.1, 0.15) is 12.6 Å². The summed E-state index contributed by atoms with van der Waals surface area (Å²) in [5.41, 5.74) is 6.87. The number of aromatic amines is 1. The largest absolute Gasteiger partial charge is 0.497 e. The van der Waals surface area contributed by atoms with Crippen LogP contribution in [0, 0.1) is 0 Å². The van der Waals surface area contributed by atoms with Crippen LogP contribution in [-0.4, -0.2) is 23.1 Å². The lowest BCUT2D eigenvalue weighted by atomic mass is 10.1. The Kier molecular flexibility index (Phi) is 3.10. The van der Waals surface area contributed by atoms with E-state index in [0.717, 1.165) is 16.8 Å². The first kappa shape index (κ1) is 11.6. The van der Waals surface area contributed by atoms with Crippen LogP contribution < -0.4 is 16.2 Å². The Morgan fingerprint density at radius 1 is 1.53 bits per heavy atom. The highest BCUT2D eigenvalue weighted by atomic mass is 16.5. The third-order valence-corrected chi connectivity index (χ3v) is 2.53. The molecule has 5 heteroatoms. The van der Waals surface area contributed by atoms with Crippen LogP contribution in [0.5, 0.6) is 5.75 Å². The molecule has 3 N–H and O–H groups in total. The molecule has 5 nitrogen and oxygen atoms in total. The van der Waals surface area contributed by atoms with Crippen molar-refractivity contribution in [3.05, 3.63) is 34.4 Å². The predicted octanol–water partition coefficient (Wildman–Crippen LogP) is 0.821. The van der Waals surface area contributed by atoms with Gasteiger partial charge in [0.2, 0.25) is 0 Å². The van der Waals surface area contributed by atoms with Gasteiger partial charge in [0.25, 0.3) is 0 Å². The highest BCUT2D eigenvalue weighted by Crippen LogP contribution is 2.20. The van der Waals surface area contributed by atoms with Crippen LogP contribution >= 0.6 is 0 Å². The standard InChI is InChI=1S/C12H15N3O2/c1-7(13)5-11-9-6-8(17-2)3-4-10(9)14-12(16)15-11/h3-4,6-7H,5,13H2,1-2H3,(H,14,15,16). The van der Waals surface area contributed by atoms with Crippen molar-refractivity contribution in [3.8, 4) is 5.75 Å². The fourth-order valence-corrected chi connectivity index (χ4v) is 1.80. The summed E-state index contributed by atoms with van der Waals surface area (Å²) < 4.78 is 5.16. The topological polar surface area (TPSA) is 81.0 Å². The highest BCUT2D eigenvalue weighted by molar-refractivity contribution is 5.82. The van der Waals surface area contributed by atoms with E-state index in [9.17, 15) is 4.79 Å². The Balaban J connectivity index is 2.66. The van der Waals surface area contributed by atoms with Crippen molar-refractivity contribution in [1.82, 2.24) is 9.97 Å². The zero-order valence-corrected chi connectivity index (χ0v) is 9.86. The van der Waals surface area contributed by atoms with Gasteiger partial charge in [0.1, 0.15) is 5.75 Å². The molecule has 1 atom stereocenters. The maximum atomic E-state index is 11.4. The van der Waals surface area contributed by atoms with E-state index < -0.39 is 0 Å². The van der Waals surface area contributed by atoms with Gasteiger partial charge >= 0.3 is 5.69 Å². The van der Waals surface area contributed by atoms with Gasteiger partial charge in [-0.05, 0) is 25.1 Å². The maximum absolute atomic E-state index is 11.4. The molecule has 1 heterocycles. The number of benzene rings is 1. The summed E-state index contributed by atoms with van der Waals surface area (Å²) in [6, 6.07) is 5.39. The van der Waals surface area contributed by atoms with Gasteiger partial charge in [0.15, 0.2) is 0 Å². The van der Waals surface area contributed by atoms with Crippen molar-refractivity contribution >= 4 is 10.9 Å². The Labute approximate surface area is 98.6 Å². The van der Waals surface area contributed by atoms with Gasteiger partial charge in [-0.1, -0.05) is 0 Å². The fourth-order valence-electron chi connectivity index (χ4n) is 1.80. The number of hydrogen-bond acceptors (Lipinski definition) is 4. The van der Waals surface area contributed by atoms with Gasteiger partial charge in [0, 0.05) is 23.5 Å². The van der Waals surface area contributed by atoms with Gasteiger partial charge in [-0.2, -0.15) is 4.98 Å². The number of ether oxygens (including phenoxy) is 1. The first-order valence-corrected chi connectivity index (χ1v) is 5.42. The van der Waals surface area contributed by atoms with Gasteiger partial charge in [0.05, 0.1) is 12.6 Å². The molecule has 0 fully saturated rings. The molecule has 90 valence electrons. The average Bonchev–Trinajstić information content (AvgIpc) is 2.27. The number of aromatic nitrogens is 2. The summed E-state index contributed by atoms with van der Waals surface area (Å²) in [5.74, 6) is 0.734. The van der Waals surface area contributed by atoms with Crippen LogP contribution in [0.15, 0.2) is 23.0 Å². The van der Waals surface area contributed by atoms with Crippen molar-refractivity contribution in [2.75, 3.05) is 7.11 Å². The molecule has 2 rings (SSSR count). The Morgan fingerprint density at radius 3 is 2.94 bits per heavy atom. The Morgan fingerprint density at radius 2 is 2.29 bits per heavy atom. The van der Waals surface area contributed by atoms with Crippen molar-refractivity contribution in [2.45, 2.75) is 19.4 Å². The second kappa shape index (κ2) is 4.55. The first-order valence-electron chi connectivity index (χ1n) is 5.42. The van der Waals surface area contributed by atoms with E-state index in [1.54, 1.807) is 19.2 Å².